The second-order valence-electron chi connectivity index (χ2n) is 4.28. The number of benzene rings is 1. The van der Waals surface area contributed by atoms with E-state index in [4.69, 9.17) is 10.00 Å². The Morgan fingerprint density at radius 2 is 1.86 bits per heavy atom. The van der Waals surface area contributed by atoms with Crippen molar-refractivity contribution in [3.05, 3.63) is 47.8 Å². The van der Waals surface area contributed by atoms with Crippen molar-refractivity contribution in [2.45, 2.75) is 12.6 Å². The van der Waals surface area contributed by atoms with Gasteiger partial charge in [-0.3, -0.25) is 4.98 Å². The van der Waals surface area contributed by atoms with Gasteiger partial charge in [0.15, 0.2) is 0 Å². The third-order valence-corrected chi connectivity index (χ3v) is 3.02. The average molecular weight is 292 g/mol. The summed E-state index contributed by atoms with van der Waals surface area (Å²) in [6.07, 6.45) is -1.30. The molecule has 1 heterocycles. The van der Waals surface area contributed by atoms with E-state index in [1.807, 2.05) is 6.07 Å². The highest BCUT2D eigenvalue weighted by molar-refractivity contribution is 5.69. The minimum atomic E-state index is -4.37. The Morgan fingerprint density at radius 3 is 2.38 bits per heavy atom. The molecular weight excluding hydrogens is 281 g/mol. The van der Waals surface area contributed by atoms with E-state index in [1.165, 1.54) is 31.6 Å². The van der Waals surface area contributed by atoms with Crippen LogP contribution in [0.15, 0.2) is 36.7 Å². The van der Waals surface area contributed by atoms with Gasteiger partial charge < -0.3 is 4.74 Å². The summed E-state index contributed by atoms with van der Waals surface area (Å²) >= 11 is 0. The summed E-state index contributed by atoms with van der Waals surface area (Å²) in [7, 11) is 1.45. The predicted molar refractivity (Wildman–Crippen MR) is 70.5 cm³/mol. The molecule has 0 radical (unpaired) electrons. The molecule has 2 rings (SSSR count). The maximum atomic E-state index is 12.6. The Kier molecular flexibility index (Phi) is 4.13. The lowest BCUT2D eigenvalue weighted by Crippen LogP contribution is -2.04. The SMILES string of the molecule is COc1cncc(-c2ccc(C(F)(F)F)cc2)c1CC#N. The van der Waals surface area contributed by atoms with Crippen LogP contribution in [-0.2, 0) is 12.6 Å². The van der Waals surface area contributed by atoms with Crippen molar-refractivity contribution < 1.29 is 17.9 Å². The molecule has 0 fully saturated rings. The maximum absolute atomic E-state index is 12.6. The lowest BCUT2D eigenvalue weighted by atomic mass is 9.98. The van der Waals surface area contributed by atoms with Crippen molar-refractivity contribution in [2.24, 2.45) is 0 Å². The first-order chi connectivity index (χ1) is 9.97. The van der Waals surface area contributed by atoms with Gasteiger partial charge in [-0.1, -0.05) is 12.1 Å². The largest absolute Gasteiger partial charge is 0.495 e. The molecule has 21 heavy (non-hydrogen) atoms. The Morgan fingerprint density at radius 1 is 1.19 bits per heavy atom. The Bertz CT molecular complexity index is 673. The maximum Gasteiger partial charge on any atom is 0.416 e. The zero-order valence-corrected chi connectivity index (χ0v) is 11.1. The second kappa shape index (κ2) is 5.83. The van der Waals surface area contributed by atoms with E-state index in [1.54, 1.807) is 0 Å². The van der Waals surface area contributed by atoms with E-state index in [0.29, 0.717) is 22.4 Å². The molecule has 6 heteroatoms. The van der Waals surface area contributed by atoms with E-state index >= 15 is 0 Å². The number of nitriles is 1. The molecule has 0 atom stereocenters. The van der Waals surface area contributed by atoms with Gasteiger partial charge in [-0.25, -0.2) is 0 Å². The molecule has 0 aliphatic heterocycles. The van der Waals surface area contributed by atoms with Gasteiger partial charge in [-0.2, -0.15) is 18.4 Å². The molecule has 0 saturated carbocycles. The number of alkyl halides is 3. The van der Waals surface area contributed by atoms with Gasteiger partial charge in [-0.05, 0) is 17.7 Å². The van der Waals surface area contributed by atoms with Crippen molar-refractivity contribution in [3.63, 3.8) is 0 Å². The van der Waals surface area contributed by atoms with E-state index in [2.05, 4.69) is 4.98 Å². The average Bonchev–Trinajstić information content (AvgIpc) is 2.47. The number of aromatic nitrogens is 1. The summed E-state index contributed by atoms with van der Waals surface area (Å²) in [4.78, 5) is 3.99. The van der Waals surface area contributed by atoms with Crippen molar-refractivity contribution in [1.29, 1.82) is 5.26 Å². The van der Waals surface area contributed by atoms with Crippen LogP contribution in [0.5, 0.6) is 5.75 Å². The molecule has 0 aliphatic rings. The standard InChI is InChI=1S/C15H11F3N2O/c1-21-14-9-20-8-13(12(14)6-7-19)10-2-4-11(5-3-10)15(16,17)18/h2-5,8-9H,6H2,1H3. The third-order valence-electron chi connectivity index (χ3n) is 3.02. The number of pyridine rings is 1. The number of hydrogen-bond donors (Lipinski definition) is 0. The molecule has 0 amide bonds. The smallest absolute Gasteiger partial charge is 0.416 e. The van der Waals surface area contributed by atoms with Crippen LogP contribution in [0.4, 0.5) is 13.2 Å². The van der Waals surface area contributed by atoms with E-state index < -0.39 is 11.7 Å². The summed E-state index contributed by atoms with van der Waals surface area (Å²) in [6.45, 7) is 0. The van der Waals surface area contributed by atoms with Gasteiger partial charge in [0.1, 0.15) is 5.75 Å². The lowest BCUT2D eigenvalue weighted by Gasteiger charge is -2.12. The van der Waals surface area contributed by atoms with Crippen LogP contribution in [0.1, 0.15) is 11.1 Å². The highest BCUT2D eigenvalue weighted by Crippen LogP contribution is 2.33. The number of halogens is 3. The highest BCUT2D eigenvalue weighted by Gasteiger charge is 2.30. The second-order valence-corrected chi connectivity index (χ2v) is 4.28. The molecule has 0 spiro atoms. The van der Waals surface area contributed by atoms with E-state index in [-0.39, 0.29) is 6.42 Å². The molecule has 3 nitrogen and oxygen atoms in total. The molecular formula is C15H11F3N2O. The van der Waals surface area contributed by atoms with Crippen molar-refractivity contribution in [1.82, 2.24) is 4.98 Å². The fraction of sp³-hybridized carbons (Fsp3) is 0.200. The Hall–Kier alpha value is -2.55. The summed E-state index contributed by atoms with van der Waals surface area (Å²) < 4.78 is 42.8. The van der Waals surface area contributed by atoms with Crippen LogP contribution in [-0.4, -0.2) is 12.1 Å². The first kappa shape index (κ1) is 14.9. The summed E-state index contributed by atoms with van der Waals surface area (Å²) in [5, 5.41) is 8.89. The van der Waals surface area contributed by atoms with Crippen LogP contribution in [0.25, 0.3) is 11.1 Å². The van der Waals surface area contributed by atoms with Crippen molar-refractivity contribution in [3.8, 4) is 22.9 Å². The topological polar surface area (TPSA) is 45.9 Å². The monoisotopic (exact) mass is 292 g/mol. The lowest BCUT2D eigenvalue weighted by molar-refractivity contribution is -0.137. The quantitative estimate of drug-likeness (QED) is 0.863. The summed E-state index contributed by atoms with van der Waals surface area (Å²) in [5.74, 6) is 0.439. The van der Waals surface area contributed by atoms with Crippen LogP contribution in [0.2, 0.25) is 0 Å². The summed E-state index contributed by atoms with van der Waals surface area (Å²) in [6, 6.07) is 6.75. The Labute approximate surface area is 119 Å². The fourth-order valence-corrected chi connectivity index (χ4v) is 1.99. The van der Waals surface area contributed by atoms with Crippen LogP contribution in [0.3, 0.4) is 0 Å². The van der Waals surface area contributed by atoms with Crippen LogP contribution < -0.4 is 4.74 Å². The van der Waals surface area contributed by atoms with E-state index in [9.17, 15) is 13.2 Å². The van der Waals surface area contributed by atoms with Gasteiger partial charge in [0.25, 0.3) is 0 Å². The third kappa shape index (κ3) is 3.14. The van der Waals surface area contributed by atoms with Crippen LogP contribution >= 0.6 is 0 Å². The van der Waals surface area contributed by atoms with Gasteiger partial charge in [0.2, 0.25) is 0 Å². The molecule has 0 N–H and O–H groups in total. The molecule has 1 aromatic heterocycles. The first-order valence-corrected chi connectivity index (χ1v) is 6.03. The highest BCUT2D eigenvalue weighted by atomic mass is 19.4. The number of nitrogens with zero attached hydrogens (tertiary/aromatic N) is 2. The predicted octanol–water partition coefficient (Wildman–Crippen LogP) is 3.84. The minimum absolute atomic E-state index is 0.0854. The van der Waals surface area contributed by atoms with Gasteiger partial charge >= 0.3 is 6.18 Å². The number of ether oxygens (including phenoxy) is 1. The van der Waals surface area contributed by atoms with E-state index in [0.717, 1.165) is 12.1 Å². The normalized spacial score (nSPS) is 11.0. The molecule has 0 aliphatic carbocycles. The number of rotatable bonds is 3. The molecule has 108 valence electrons. The van der Waals surface area contributed by atoms with Crippen LogP contribution in [0, 0.1) is 11.3 Å². The van der Waals surface area contributed by atoms with Crippen molar-refractivity contribution >= 4 is 0 Å². The fourth-order valence-electron chi connectivity index (χ4n) is 1.99. The Balaban J connectivity index is 2.49. The van der Waals surface area contributed by atoms with Gasteiger partial charge in [0, 0.05) is 17.3 Å². The molecule has 2 aromatic rings. The molecule has 0 bridgehead atoms. The molecule has 1 aromatic carbocycles. The summed E-state index contributed by atoms with van der Waals surface area (Å²) in [5.41, 5.74) is 1.03. The van der Waals surface area contributed by atoms with Gasteiger partial charge in [-0.15, -0.1) is 0 Å². The van der Waals surface area contributed by atoms with Crippen molar-refractivity contribution in [2.75, 3.05) is 7.11 Å². The first-order valence-electron chi connectivity index (χ1n) is 6.03. The zero-order valence-electron chi connectivity index (χ0n) is 11.1. The van der Waals surface area contributed by atoms with Gasteiger partial charge in [0.05, 0.1) is 31.4 Å². The number of methoxy groups -OCH3 is 1. The minimum Gasteiger partial charge on any atom is -0.495 e. The molecule has 0 saturated heterocycles. The number of hydrogen-bond acceptors (Lipinski definition) is 3. The zero-order chi connectivity index (χ0) is 15.5. The molecule has 0 unspecified atom stereocenters.